The number of primary amides is 1. The van der Waals surface area contributed by atoms with Crippen molar-refractivity contribution in [3.8, 4) is 11.4 Å². The van der Waals surface area contributed by atoms with Crippen molar-refractivity contribution in [2.45, 2.75) is 19.8 Å². The minimum atomic E-state index is -0.347. The molecule has 2 aromatic carbocycles. The van der Waals surface area contributed by atoms with Crippen LogP contribution in [0.25, 0.3) is 11.4 Å². The number of amides is 1. The molecule has 1 heterocycles. The van der Waals surface area contributed by atoms with E-state index < -0.39 is 0 Å². The SMILES string of the molecule is CCc1cc(Nc2ccc(CC(N)=O)cc2)nc(-c2cccc(Cl)c2)n1. The standard InChI is InChI=1S/C20H19ClN4O/c1-2-16-12-19(23-17-8-6-13(7-9-17)10-18(22)26)25-20(24-16)14-4-3-5-15(21)11-14/h3-9,11-12H,2,10H2,1H3,(H2,22,26)(H,23,24,25). The first-order valence-corrected chi connectivity index (χ1v) is 8.69. The van der Waals surface area contributed by atoms with Gasteiger partial charge >= 0.3 is 0 Å². The van der Waals surface area contributed by atoms with Crippen molar-refractivity contribution in [2.75, 3.05) is 5.32 Å². The van der Waals surface area contributed by atoms with E-state index in [1.165, 1.54) is 0 Å². The van der Waals surface area contributed by atoms with E-state index >= 15 is 0 Å². The molecule has 0 aliphatic carbocycles. The van der Waals surface area contributed by atoms with Gasteiger partial charge in [-0.3, -0.25) is 4.79 Å². The molecule has 0 radical (unpaired) electrons. The number of benzene rings is 2. The summed E-state index contributed by atoms with van der Waals surface area (Å²) in [7, 11) is 0. The molecule has 0 unspecified atom stereocenters. The molecule has 1 amide bonds. The molecule has 1 aromatic heterocycles. The molecular formula is C20H19ClN4O. The van der Waals surface area contributed by atoms with Crippen LogP contribution in [0.15, 0.2) is 54.6 Å². The second kappa shape index (κ2) is 7.97. The Morgan fingerprint density at radius 3 is 2.54 bits per heavy atom. The Labute approximate surface area is 157 Å². The van der Waals surface area contributed by atoms with Gasteiger partial charge in [0.15, 0.2) is 5.82 Å². The maximum absolute atomic E-state index is 11.0. The zero-order chi connectivity index (χ0) is 18.5. The minimum absolute atomic E-state index is 0.229. The van der Waals surface area contributed by atoms with Crippen LogP contribution >= 0.6 is 11.6 Å². The Morgan fingerprint density at radius 2 is 1.88 bits per heavy atom. The molecule has 132 valence electrons. The van der Waals surface area contributed by atoms with Crippen LogP contribution in [0.4, 0.5) is 11.5 Å². The van der Waals surface area contributed by atoms with Crippen molar-refractivity contribution in [3.05, 3.63) is 70.9 Å². The van der Waals surface area contributed by atoms with E-state index in [0.29, 0.717) is 16.7 Å². The fourth-order valence-electron chi connectivity index (χ4n) is 2.55. The fraction of sp³-hybridized carbons (Fsp3) is 0.150. The van der Waals surface area contributed by atoms with Crippen LogP contribution in [0.2, 0.25) is 5.02 Å². The topological polar surface area (TPSA) is 80.9 Å². The predicted octanol–water partition coefficient (Wildman–Crippen LogP) is 4.13. The van der Waals surface area contributed by atoms with E-state index in [0.717, 1.165) is 28.9 Å². The smallest absolute Gasteiger partial charge is 0.221 e. The molecule has 0 aliphatic rings. The summed E-state index contributed by atoms with van der Waals surface area (Å²) in [5.41, 5.74) is 8.77. The molecule has 3 N–H and O–H groups in total. The molecule has 0 spiro atoms. The summed E-state index contributed by atoms with van der Waals surface area (Å²) in [5.74, 6) is 0.981. The van der Waals surface area contributed by atoms with Crippen molar-refractivity contribution in [2.24, 2.45) is 5.73 Å². The van der Waals surface area contributed by atoms with Crippen LogP contribution in [0, 0.1) is 0 Å². The summed E-state index contributed by atoms with van der Waals surface area (Å²) in [4.78, 5) is 20.2. The van der Waals surface area contributed by atoms with E-state index in [9.17, 15) is 4.79 Å². The number of rotatable bonds is 6. The van der Waals surface area contributed by atoms with Gasteiger partial charge in [0.2, 0.25) is 5.91 Å². The number of carbonyl (C=O) groups excluding carboxylic acids is 1. The maximum Gasteiger partial charge on any atom is 0.221 e. The third-order valence-corrected chi connectivity index (χ3v) is 4.06. The number of halogens is 1. The Hall–Kier alpha value is -2.92. The quantitative estimate of drug-likeness (QED) is 0.687. The van der Waals surface area contributed by atoms with E-state index in [-0.39, 0.29) is 12.3 Å². The van der Waals surface area contributed by atoms with Gasteiger partial charge in [-0.15, -0.1) is 0 Å². The van der Waals surface area contributed by atoms with Gasteiger partial charge in [0, 0.05) is 28.0 Å². The summed E-state index contributed by atoms with van der Waals surface area (Å²) in [6, 6.07) is 16.9. The van der Waals surface area contributed by atoms with Gasteiger partial charge in [-0.05, 0) is 36.2 Å². The summed E-state index contributed by atoms with van der Waals surface area (Å²) < 4.78 is 0. The van der Waals surface area contributed by atoms with Crippen LogP contribution in [-0.4, -0.2) is 15.9 Å². The number of nitrogens with one attached hydrogen (secondary N) is 1. The molecule has 0 aliphatic heterocycles. The number of carbonyl (C=O) groups is 1. The third kappa shape index (κ3) is 4.58. The van der Waals surface area contributed by atoms with Gasteiger partial charge < -0.3 is 11.1 Å². The summed E-state index contributed by atoms with van der Waals surface area (Å²) >= 11 is 6.08. The van der Waals surface area contributed by atoms with Crippen LogP contribution < -0.4 is 11.1 Å². The average Bonchev–Trinajstić information content (AvgIpc) is 2.62. The van der Waals surface area contributed by atoms with Crippen LogP contribution in [0.5, 0.6) is 0 Å². The lowest BCUT2D eigenvalue weighted by molar-refractivity contribution is -0.117. The lowest BCUT2D eigenvalue weighted by atomic mass is 10.1. The first-order valence-electron chi connectivity index (χ1n) is 8.31. The van der Waals surface area contributed by atoms with E-state index in [4.69, 9.17) is 17.3 Å². The Balaban J connectivity index is 1.87. The van der Waals surface area contributed by atoms with Crippen molar-refractivity contribution < 1.29 is 4.79 Å². The second-order valence-electron chi connectivity index (χ2n) is 5.90. The number of nitrogens with two attached hydrogens (primary N) is 1. The highest BCUT2D eigenvalue weighted by Gasteiger charge is 2.08. The maximum atomic E-state index is 11.0. The summed E-state index contributed by atoms with van der Waals surface area (Å²) in [5, 5.41) is 3.93. The zero-order valence-electron chi connectivity index (χ0n) is 14.4. The predicted molar refractivity (Wildman–Crippen MR) is 104 cm³/mol. The van der Waals surface area contributed by atoms with Gasteiger partial charge in [0.1, 0.15) is 5.82 Å². The number of hydrogen-bond donors (Lipinski definition) is 2. The molecule has 0 atom stereocenters. The minimum Gasteiger partial charge on any atom is -0.369 e. The normalized spacial score (nSPS) is 10.5. The van der Waals surface area contributed by atoms with Crippen LogP contribution in [-0.2, 0) is 17.6 Å². The highest BCUT2D eigenvalue weighted by atomic mass is 35.5. The average molecular weight is 367 g/mol. The van der Waals surface area contributed by atoms with Crippen molar-refractivity contribution >= 4 is 29.0 Å². The van der Waals surface area contributed by atoms with Crippen molar-refractivity contribution in [1.29, 1.82) is 0 Å². The molecule has 0 bridgehead atoms. The molecule has 26 heavy (non-hydrogen) atoms. The molecule has 0 fully saturated rings. The molecule has 3 aromatic rings. The summed E-state index contributed by atoms with van der Waals surface area (Å²) in [6.07, 6.45) is 1.02. The molecule has 3 rings (SSSR count). The molecule has 6 heteroatoms. The number of nitrogens with zero attached hydrogens (tertiary/aromatic N) is 2. The van der Waals surface area contributed by atoms with E-state index in [1.54, 1.807) is 0 Å². The van der Waals surface area contributed by atoms with Crippen LogP contribution in [0.1, 0.15) is 18.2 Å². The first-order chi connectivity index (χ1) is 12.5. The van der Waals surface area contributed by atoms with Gasteiger partial charge in [0.05, 0.1) is 6.42 Å². The van der Waals surface area contributed by atoms with Crippen molar-refractivity contribution in [1.82, 2.24) is 9.97 Å². The van der Waals surface area contributed by atoms with E-state index in [2.05, 4.69) is 15.3 Å². The zero-order valence-corrected chi connectivity index (χ0v) is 15.1. The lowest BCUT2D eigenvalue weighted by Crippen LogP contribution is -2.13. The molecule has 0 saturated carbocycles. The molecule has 5 nitrogen and oxygen atoms in total. The van der Waals surface area contributed by atoms with Gasteiger partial charge in [-0.25, -0.2) is 9.97 Å². The molecular weight excluding hydrogens is 348 g/mol. The van der Waals surface area contributed by atoms with Gasteiger partial charge in [-0.2, -0.15) is 0 Å². The largest absolute Gasteiger partial charge is 0.369 e. The number of anilines is 2. The second-order valence-corrected chi connectivity index (χ2v) is 6.33. The molecule has 0 saturated heterocycles. The van der Waals surface area contributed by atoms with Gasteiger partial charge in [0.25, 0.3) is 0 Å². The monoisotopic (exact) mass is 366 g/mol. The van der Waals surface area contributed by atoms with Crippen LogP contribution in [0.3, 0.4) is 0 Å². The number of aromatic nitrogens is 2. The summed E-state index contributed by atoms with van der Waals surface area (Å²) in [6.45, 7) is 2.05. The highest BCUT2D eigenvalue weighted by molar-refractivity contribution is 6.30. The Bertz CT molecular complexity index is 925. The first kappa shape index (κ1) is 17.9. The number of hydrogen-bond acceptors (Lipinski definition) is 4. The van der Waals surface area contributed by atoms with E-state index in [1.807, 2.05) is 61.5 Å². The fourth-order valence-corrected chi connectivity index (χ4v) is 2.74. The lowest BCUT2D eigenvalue weighted by Gasteiger charge is -2.10. The van der Waals surface area contributed by atoms with Crippen molar-refractivity contribution in [3.63, 3.8) is 0 Å². The Morgan fingerprint density at radius 1 is 1.12 bits per heavy atom. The van der Waals surface area contributed by atoms with Gasteiger partial charge in [-0.1, -0.05) is 42.8 Å². The Kier molecular flexibility index (Phi) is 5.49. The highest BCUT2D eigenvalue weighted by Crippen LogP contribution is 2.23. The third-order valence-electron chi connectivity index (χ3n) is 3.83. The number of aryl methyl sites for hydroxylation is 1.